The fraction of sp³-hybridized carbons (Fsp3) is 0.304. The Morgan fingerprint density at radius 2 is 0.795 bits per heavy atom. The van der Waals surface area contributed by atoms with E-state index in [-0.39, 0.29) is 0 Å². The Morgan fingerprint density at radius 1 is 0.462 bits per heavy atom. The number of hydrogen-bond acceptors (Lipinski definition) is 16. The Labute approximate surface area is 304 Å². The zero-order chi connectivity index (χ0) is 27.8. The van der Waals surface area contributed by atoms with E-state index in [0.717, 1.165) is 22.3 Å². The number of rotatable bonds is 12. The number of thiol groups is 3. The van der Waals surface area contributed by atoms with Crippen molar-refractivity contribution in [2.45, 2.75) is 0 Å². The monoisotopic (exact) mass is 812 g/mol. The van der Waals surface area contributed by atoms with Gasteiger partial charge in [-0.25, -0.2) is 0 Å². The van der Waals surface area contributed by atoms with Gasteiger partial charge in [0.05, 0.1) is 33.9 Å². The number of thioether (sulfide) groups is 13. The van der Waals surface area contributed by atoms with Crippen molar-refractivity contribution in [3.63, 3.8) is 0 Å². The van der Waals surface area contributed by atoms with Crippen molar-refractivity contribution in [2.24, 2.45) is 0 Å². The molecule has 0 bridgehead atoms. The molecule has 0 fully saturated rings. The van der Waals surface area contributed by atoms with Gasteiger partial charge in [-0.15, -0.1) is 58.8 Å². The fourth-order valence-corrected chi connectivity index (χ4v) is 21.2. The zero-order valence-corrected chi connectivity index (χ0v) is 34.1. The van der Waals surface area contributed by atoms with Gasteiger partial charge < -0.3 is 0 Å². The molecule has 0 spiro atoms. The normalized spacial score (nSPS) is 22.3. The molecule has 4 heterocycles. The van der Waals surface area contributed by atoms with Crippen LogP contribution in [-0.2, 0) is 0 Å². The molecule has 0 aromatic carbocycles. The summed E-state index contributed by atoms with van der Waals surface area (Å²) in [6.45, 7) is 0. The predicted octanol–water partition coefficient (Wildman–Crippen LogP) is 13.2. The molecule has 0 atom stereocenters. The lowest BCUT2D eigenvalue weighted by Gasteiger charge is -2.04. The van der Waals surface area contributed by atoms with Crippen LogP contribution in [-0.4, -0.2) is 41.1 Å². The van der Waals surface area contributed by atoms with E-state index in [1.54, 1.807) is 0 Å². The van der Waals surface area contributed by atoms with Crippen molar-refractivity contribution in [3.8, 4) is 0 Å². The molecule has 212 valence electrons. The Hall–Kier alpha value is 3.52. The van der Waals surface area contributed by atoms with E-state index in [4.69, 9.17) is 0 Å². The summed E-state index contributed by atoms with van der Waals surface area (Å²) in [5.41, 5.74) is 0. The van der Waals surface area contributed by atoms with Crippen LogP contribution in [0, 0.1) is 0 Å². The molecule has 0 N–H and O–H groups in total. The minimum absolute atomic E-state index is 0.784. The van der Waals surface area contributed by atoms with Crippen LogP contribution >= 0.6 is 191 Å². The van der Waals surface area contributed by atoms with Gasteiger partial charge in [0.2, 0.25) is 0 Å². The standard InChI is InChI=1S/C23H24S16/c1-27-20-21(28-2)37-17(36-20)7-5-16-34-14(10-26)19(35-16)30-11-31-23-22(29-3)38-18(39-23)6-4-15-32-12(8-24)13(9-25)33-15/h4-7,24-26H,8-11H2,1-3H3. The maximum Gasteiger partial charge on any atom is 0.0667 e. The lowest BCUT2D eigenvalue weighted by atomic mass is 10.6. The van der Waals surface area contributed by atoms with E-state index in [1.807, 2.05) is 153 Å². The second kappa shape index (κ2) is 18.6. The summed E-state index contributed by atoms with van der Waals surface area (Å²) in [5, 5.41) is 1.01. The van der Waals surface area contributed by atoms with Crippen LogP contribution in [0.15, 0.2) is 77.2 Å². The second-order valence-electron chi connectivity index (χ2n) is 6.96. The Bertz CT molecular complexity index is 1070. The van der Waals surface area contributed by atoms with Gasteiger partial charge in [0.15, 0.2) is 0 Å². The van der Waals surface area contributed by atoms with E-state index >= 15 is 0 Å². The van der Waals surface area contributed by atoms with Crippen LogP contribution in [0.25, 0.3) is 0 Å². The summed E-state index contributed by atoms with van der Waals surface area (Å²) in [4.78, 5) is 4.04. The molecule has 0 aliphatic carbocycles. The predicted molar refractivity (Wildman–Crippen MR) is 223 cm³/mol. The highest BCUT2D eigenvalue weighted by Crippen LogP contribution is 2.60. The van der Waals surface area contributed by atoms with Crippen molar-refractivity contribution in [2.75, 3.05) is 41.1 Å². The van der Waals surface area contributed by atoms with Gasteiger partial charge in [-0.05, 0) is 43.1 Å². The van der Waals surface area contributed by atoms with Crippen molar-refractivity contribution < 1.29 is 0 Å². The van der Waals surface area contributed by atoms with Crippen LogP contribution in [0.1, 0.15) is 0 Å². The van der Waals surface area contributed by atoms with E-state index in [0.29, 0.717) is 0 Å². The topological polar surface area (TPSA) is 0 Å². The second-order valence-corrected chi connectivity index (χ2v) is 23.7. The lowest BCUT2D eigenvalue weighted by molar-refractivity contribution is 1.61. The average molecular weight is 814 g/mol. The maximum atomic E-state index is 4.63. The van der Waals surface area contributed by atoms with Crippen LogP contribution in [0.4, 0.5) is 0 Å². The van der Waals surface area contributed by atoms with E-state index in [9.17, 15) is 0 Å². The molecule has 0 amide bonds. The van der Waals surface area contributed by atoms with Gasteiger partial charge in [-0.3, -0.25) is 0 Å². The molecule has 0 aromatic heterocycles. The van der Waals surface area contributed by atoms with Gasteiger partial charge in [0.25, 0.3) is 0 Å². The molecular weight excluding hydrogens is 789 g/mol. The van der Waals surface area contributed by atoms with Crippen LogP contribution in [0.5, 0.6) is 0 Å². The van der Waals surface area contributed by atoms with Gasteiger partial charge in [-0.2, -0.15) is 37.9 Å². The third-order valence-corrected chi connectivity index (χ3v) is 23.3. The van der Waals surface area contributed by atoms with E-state index in [1.165, 1.54) is 52.8 Å². The quantitative estimate of drug-likeness (QED) is 0.127. The Balaban J connectivity index is 1.29. The van der Waals surface area contributed by atoms with Gasteiger partial charge in [0, 0.05) is 41.3 Å². The van der Waals surface area contributed by atoms with Crippen molar-refractivity contribution in [1.29, 1.82) is 0 Å². The summed E-state index contributed by atoms with van der Waals surface area (Å²) in [6.07, 6.45) is 15.6. The largest absolute Gasteiger partial charge is 0.174 e. The van der Waals surface area contributed by atoms with Crippen molar-refractivity contribution in [1.82, 2.24) is 0 Å². The lowest BCUT2D eigenvalue weighted by Crippen LogP contribution is -1.80. The molecule has 4 aliphatic rings. The molecule has 16 heteroatoms. The van der Waals surface area contributed by atoms with Gasteiger partial charge in [0.1, 0.15) is 0 Å². The molecule has 4 rings (SSSR count). The van der Waals surface area contributed by atoms with E-state index < -0.39 is 0 Å². The number of hydrogen-bond donors (Lipinski definition) is 3. The molecular formula is C23H24S16. The molecule has 4 aliphatic heterocycles. The molecule has 0 saturated heterocycles. The minimum Gasteiger partial charge on any atom is -0.174 e. The number of allylic oxidation sites excluding steroid dienone is 4. The summed E-state index contributed by atoms with van der Waals surface area (Å²) >= 11 is 38.1. The minimum atomic E-state index is 0.784. The third-order valence-electron chi connectivity index (χ3n) is 4.59. The highest BCUT2D eigenvalue weighted by molar-refractivity contribution is 8.43. The smallest absolute Gasteiger partial charge is 0.0667 e. The Kier molecular flexibility index (Phi) is 16.9. The molecule has 0 radical (unpaired) electrons. The summed E-state index contributed by atoms with van der Waals surface area (Å²) in [7, 11) is 0. The van der Waals surface area contributed by atoms with Gasteiger partial charge >= 0.3 is 0 Å². The molecule has 0 saturated carbocycles. The maximum absolute atomic E-state index is 4.63. The summed E-state index contributed by atoms with van der Waals surface area (Å²) in [5.74, 6) is 2.36. The fourth-order valence-electron chi connectivity index (χ4n) is 2.88. The molecule has 39 heavy (non-hydrogen) atoms. The SMILES string of the molecule is CSC1=C(SC)SC(=CC=C2SC(CS)=C(SCSC3=C(SC)SC(=CC=C4SC(CS)=C(CS)S4)S3)S2)S1. The van der Waals surface area contributed by atoms with Crippen molar-refractivity contribution in [3.05, 3.63) is 77.2 Å². The highest BCUT2D eigenvalue weighted by Gasteiger charge is 2.25. The average Bonchev–Trinajstić information content (AvgIpc) is 3.74. The van der Waals surface area contributed by atoms with Gasteiger partial charge in [-0.1, -0.05) is 94.1 Å². The first-order valence-electron chi connectivity index (χ1n) is 10.9. The molecule has 0 aromatic rings. The Morgan fingerprint density at radius 3 is 1.26 bits per heavy atom. The van der Waals surface area contributed by atoms with Crippen LogP contribution in [0.2, 0.25) is 0 Å². The van der Waals surface area contributed by atoms with E-state index in [2.05, 4.69) is 81.0 Å². The summed E-state index contributed by atoms with van der Waals surface area (Å²) < 4.78 is 12.4. The first kappa shape index (κ1) is 35.4. The van der Waals surface area contributed by atoms with Crippen LogP contribution < -0.4 is 0 Å². The molecule has 0 unspecified atom stereocenters. The van der Waals surface area contributed by atoms with Crippen LogP contribution in [0.3, 0.4) is 0 Å². The molecule has 0 nitrogen and oxygen atoms in total. The highest BCUT2D eigenvalue weighted by atomic mass is 32.3. The summed E-state index contributed by atoms with van der Waals surface area (Å²) in [6, 6.07) is 0. The first-order chi connectivity index (χ1) is 19.0. The zero-order valence-electron chi connectivity index (χ0n) is 20.8. The first-order valence-corrected chi connectivity index (χ1v) is 25.0. The van der Waals surface area contributed by atoms with Crippen molar-refractivity contribution >= 4 is 191 Å². The third kappa shape index (κ3) is 10.3.